The molecular formula is C18H26ClNO2. The number of carbonyl (C=O) groups excluding carboxylic acids is 1. The molecule has 22 heavy (non-hydrogen) atoms. The van der Waals surface area contributed by atoms with Crippen LogP contribution >= 0.6 is 11.6 Å². The highest BCUT2D eigenvalue weighted by Crippen LogP contribution is 2.25. The minimum atomic E-state index is -0.0925. The largest absolute Gasteiger partial charge is 0.381 e. The minimum Gasteiger partial charge on any atom is -0.381 e. The van der Waals surface area contributed by atoms with Gasteiger partial charge in [-0.2, -0.15) is 0 Å². The Morgan fingerprint density at radius 2 is 1.86 bits per heavy atom. The van der Waals surface area contributed by atoms with Gasteiger partial charge in [-0.25, -0.2) is 0 Å². The van der Waals surface area contributed by atoms with Gasteiger partial charge in [-0.1, -0.05) is 37.6 Å². The highest BCUT2D eigenvalue weighted by atomic mass is 35.5. The molecule has 0 amide bonds. The third-order valence-corrected chi connectivity index (χ3v) is 4.72. The molecule has 1 aliphatic heterocycles. The summed E-state index contributed by atoms with van der Waals surface area (Å²) in [5.41, 5.74) is 1.06. The quantitative estimate of drug-likeness (QED) is 0.798. The van der Waals surface area contributed by atoms with E-state index in [-0.39, 0.29) is 11.8 Å². The lowest BCUT2D eigenvalue weighted by Gasteiger charge is -2.34. The average Bonchev–Trinajstić information content (AvgIpc) is 2.53. The number of ketones is 1. The Bertz CT molecular complexity index is 480. The maximum Gasteiger partial charge on any atom is 0.144 e. The van der Waals surface area contributed by atoms with Gasteiger partial charge in [-0.3, -0.25) is 4.79 Å². The third kappa shape index (κ3) is 4.55. The molecule has 1 saturated heterocycles. The molecule has 3 nitrogen and oxygen atoms in total. The molecule has 0 aromatic heterocycles. The molecule has 0 bridgehead atoms. The highest BCUT2D eigenvalue weighted by Gasteiger charge is 2.27. The molecular weight excluding hydrogens is 298 g/mol. The second kappa shape index (κ2) is 8.09. The third-order valence-electron chi connectivity index (χ3n) is 4.47. The Morgan fingerprint density at radius 3 is 2.41 bits per heavy atom. The van der Waals surface area contributed by atoms with Crippen molar-refractivity contribution in [2.45, 2.75) is 38.6 Å². The van der Waals surface area contributed by atoms with E-state index >= 15 is 0 Å². The van der Waals surface area contributed by atoms with Crippen molar-refractivity contribution in [1.29, 1.82) is 0 Å². The number of hydrogen-bond donors (Lipinski definition) is 0. The van der Waals surface area contributed by atoms with Gasteiger partial charge in [0.05, 0.1) is 5.92 Å². The van der Waals surface area contributed by atoms with Gasteiger partial charge in [0, 0.05) is 36.7 Å². The fraction of sp³-hybridized carbons (Fsp3) is 0.611. The van der Waals surface area contributed by atoms with Crippen LogP contribution in [0.4, 0.5) is 0 Å². The van der Waals surface area contributed by atoms with Crippen molar-refractivity contribution >= 4 is 17.4 Å². The van der Waals surface area contributed by atoms with Crippen LogP contribution in [0.3, 0.4) is 0 Å². The van der Waals surface area contributed by atoms with Crippen molar-refractivity contribution in [2.75, 3.05) is 26.8 Å². The van der Waals surface area contributed by atoms with Crippen molar-refractivity contribution < 1.29 is 9.53 Å². The lowest BCUT2D eigenvalue weighted by atomic mass is 9.88. The Morgan fingerprint density at radius 1 is 1.27 bits per heavy atom. The summed E-state index contributed by atoms with van der Waals surface area (Å²) in [5, 5.41) is 0.706. The van der Waals surface area contributed by atoms with E-state index < -0.39 is 0 Å². The molecule has 0 spiro atoms. The molecule has 0 radical (unpaired) electrons. The van der Waals surface area contributed by atoms with Crippen molar-refractivity contribution in [2.24, 2.45) is 5.92 Å². The summed E-state index contributed by atoms with van der Waals surface area (Å²) in [6.07, 6.45) is 2.08. The predicted molar refractivity (Wildman–Crippen MR) is 90.5 cm³/mol. The topological polar surface area (TPSA) is 29.5 Å². The molecule has 1 aromatic rings. The SMILES string of the molecule is CC(C)C(=O)[C@H](CN(C)C1CCOCC1)c1ccc(Cl)cc1. The summed E-state index contributed by atoms with van der Waals surface area (Å²) in [7, 11) is 2.12. The van der Waals surface area contributed by atoms with Crippen LogP contribution in [0.2, 0.25) is 5.02 Å². The first-order valence-electron chi connectivity index (χ1n) is 8.06. The predicted octanol–water partition coefficient (Wildman–Crippen LogP) is 3.76. The molecule has 1 fully saturated rings. The Labute approximate surface area is 138 Å². The summed E-state index contributed by atoms with van der Waals surface area (Å²) in [6.45, 7) is 6.33. The number of nitrogens with zero attached hydrogens (tertiary/aromatic N) is 1. The van der Waals surface area contributed by atoms with Crippen LogP contribution in [0.1, 0.15) is 38.2 Å². The number of halogens is 1. The smallest absolute Gasteiger partial charge is 0.144 e. The van der Waals surface area contributed by atoms with E-state index in [9.17, 15) is 4.79 Å². The normalized spacial score (nSPS) is 17.9. The van der Waals surface area contributed by atoms with Gasteiger partial charge < -0.3 is 9.64 Å². The van der Waals surface area contributed by atoms with E-state index in [1.807, 2.05) is 38.1 Å². The molecule has 0 aliphatic carbocycles. The molecule has 0 N–H and O–H groups in total. The summed E-state index contributed by atoms with van der Waals surface area (Å²) < 4.78 is 5.43. The summed E-state index contributed by atoms with van der Waals surface area (Å²) in [6, 6.07) is 8.19. The van der Waals surface area contributed by atoms with Gasteiger partial charge in [-0.05, 0) is 37.6 Å². The molecule has 0 saturated carbocycles. The van der Waals surface area contributed by atoms with E-state index in [2.05, 4.69) is 11.9 Å². The zero-order chi connectivity index (χ0) is 16.1. The zero-order valence-electron chi connectivity index (χ0n) is 13.7. The number of likely N-dealkylation sites (N-methyl/N-ethyl adjacent to an activating group) is 1. The summed E-state index contributed by atoms with van der Waals surface area (Å²) >= 11 is 5.98. The molecule has 1 aliphatic rings. The Balaban J connectivity index is 2.13. The number of Topliss-reactive ketones (excluding diaryl/α,β-unsaturated/α-hetero) is 1. The van der Waals surface area contributed by atoms with Crippen LogP contribution in [0.5, 0.6) is 0 Å². The van der Waals surface area contributed by atoms with Crippen molar-refractivity contribution in [3.05, 3.63) is 34.9 Å². The zero-order valence-corrected chi connectivity index (χ0v) is 14.5. The van der Waals surface area contributed by atoms with Gasteiger partial charge in [0.15, 0.2) is 0 Å². The van der Waals surface area contributed by atoms with Gasteiger partial charge in [0.25, 0.3) is 0 Å². The van der Waals surface area contributed by atoms with Crippen LogP contribution in [0, 0.1) is 5.92 Å². The number of carbonyl (C=O) groups is 1. The molecule has 122 valence electrons. The second-order valence-corrected chi connectivity index (χ2v) is 6.88. The van der Waals surface area contributed by atoms with Gasteiger partial charge in [0.2, 0.25) is 0 Å². The van der Waals surface area contributed by atoms with E-state index in [0.717, 1.165) is 38.2 Å². The number of ether oxygens (including phenoxy) is 1. The van der Waals surface area contributed by atoms with E-state index in [1.165, 1.54) is 0 Å². The fourth-order valence-electron chi connectivity index (χ4n) is 3.02. The van der Waals surface area contributed by atoms with E-state index in [4.69, 9.17) is 16.3 Å². The minimum absolute atomic E-state index is 0.0313. The first kappa shape index (κ1) is 17.5. The number of benzene rings is 1. The summed E-state index contributed by atoms with van der Waals surface area (Å²) in [4.78, 5) is 15.0. The first-order chi connectivity index (χ1) is 10.5. The maximum atomic E-state index is 12.7. The fourth-order valence-corrected chi connectivity index (χ4v) is 3.15. The second-order valence-electron chi connectivity index (χ2n) is 6.44. The van der Waals surface area contributed by atoms with Gasteiger partial charge >= 0.3 is 0 Å². The lowest BCUT2D eigenvalue weighted by molar-refractivity contribution is -0.124. The monoisotopic (exact) mass is 323 g/mol. The lowest BCUT2D eigenvalue weighted by Crippen LogP contribution is -2.40. The van der Waals surface area contributed by atoms with Crippen LogP contribution in [0.25, 0.3) is 0 Å². The Hall–Kier alpha value is -0.900. The van der Waals surface area contributed by atoms with Crippen molar-refractivity contribution in [1.82, 2.24) is 4.90 Å². The standard InChI is InChI=1S/C18H26ClNO2/c1-13(2)18(21)17(14-4-6-15(19)7-5-14)12-20(3)16-8-10-22-11-9-16/h4-7,13,16-17H,8-12H2,1-3H3/t17-/m1/s1. The van der Waals surface area contributed by atoms with E-state index in [1.54, 1.807) is 0 Å². The number of hydrogen-bond acceptors (Lipinski definition) is 3. The molecule has 2 rings (SSSR count). The van der Waals surface area contributed by atoms with Crippen LogP contribution in [-0.4, -0.2) is 43.5 Å². The van der Waals surface area contributed by atoms with Crippen LogP contribution in [-0.2, 0) is 9.53 Å². The van der Waals surface area contributed by atoms with Crippen LogP contribution in [0.15, 0.2) is 24.3 Å². The van der Waals surface area contributed by atoms with Gasteiger partial charge in [-0.15, -0.1) is 0 Å². The molecule has 1 heterocycles. The molecule has 1 atom stereocenters. The summed E-state index contributed by atoms with van der Waals surface area (Å²) in [5.74, 6) is 0.232. The molecule has 1 aromatic carbocycles. The van der Waals surface area contributed by atoms with E-state index in [0.29, 0.717) is 16.8 Å². The number of rotatable bonds is 6. The van der Waals surface area contributed by atoms with Crippen molar-refractivity contribution in [3.8, 4) is 0 Å². The average molecular weight is 324 g/mol. The van der Waals surface area contributed by atoms with Crippen LogP contribution < -0.4 is 0 Å². The van der Waals surface area contributed by atoms with Crippen molar-refractivity contribution in [3.63, 3.8) is 0 Å². The highest BCUT2D eigenvalue weighted by molar-refractivity contribution is 6.30. The maximum absolute atomic E-state index is 12.7. The van der Waals surface area contributed by atoms with Gasteiger partial charge in [0.1, 0.15) is 5.78 Å². The first-order valence-corrected chi connectivity index (χ1v) is 8.44. The Kier molecular flexibility index (Phi) is 6.42. The molecule has 0 unspecified atom stereocenters. The molecule has 4 heteroatoms.